The van der Waals surface area contributed by atoms with Gasteiger partial charge in [-0.15, -0.1) is 11.3 Å². The Hall–Kier alpha value is -1.39. The number of benzene rings is 1. The monoisotopic (exact) mass is 332 g/mol. The highest BCUT2D eigenvalue weighted by Crippen LogP contribution is 2.27. The quantitative estimate of drug-likeness (QED) is 0.655. The van der Waals surface area contributed by atoms with Gasteiger partial charge in [-0.1, -0.05) is 20.8 Å². The van der Waals surface area contributed by atoms with Crippen LogP contribution < -0.4 is 4.74 Å². The van der Waals surface area contributed by atoms with Gasteiger partial charge in [-0.25, -0.2) is 4.98 Å². The Balaban J connectivity index is 1.89. The van der Waals surface area contributed by atoms with E-state index in [1.54, 1.807) is 11.3 Å². The Morgan fingerprint density at radius 1 is 1.13 bits per heavy atom. The van der Waals surface area contributed by atoms with Gasteiger partial charge in [-0.3, -0.25) is 0 Å². The van der Waals surface area contributed by atoms with E-state index in [0.29, 0.717) is 0 Å². The summed E-state index contributed by atoms with van der Waals surface area (Å²) in [5.74, 6) is 0.938. The first-order valence-electron chi connectivity index (χ1n) is 8.60. The Kier molecular flexibility index (Phi) is 7.06. The molecule has 0 amide bonds. The molecule has 1 aromatic carbocycles. The molecule has 0 saturated carbocycles. The average molecular weight is 333 g/mol. The lowest BCUT2D eigenvalue weighted by molar-refractivity contribution is 0.181. The lowest BCUT2D eigenvalue weighted by Crippen LogP contribution is -2.27. The molecule has 3 nitrogen and oxygen atoms in total. The van der Waals surface area contributed by atoms with Crippen molar-refractivity contribution in [3.63, 3.8) is 0 Å². The molecule has 1 aromatic heterocycles. The second kappa shape index (κ2) is 9.04. The van der Waals surface area contributed by atoms with Crippen LogP contribution >= 0.6 is 11.3 Å². The van der Waals surface area contributed by atoms with Crippen molar-refractivity contribution in [2.75, 3.05) is 19.6 Å². The third-order valence-electron chi connectivity index (χ3n) is 4.09. The minimum absolute atomic E-state index is 0.230. The molecule has 0 aliphatic heterocycles. The average Bonchev–Trinajstić information content (AvgIpc) is 3.05. The van der Waals surface area contributed by atoms with Crippen LogP contribution in [0, 0.1) is 0 Å². The van der Waals surface area contributed by atoms with Gasteiger partial charge in [-0.2, -0.15) is 0 Å². The molecule has 0 N–H and O–H groups in total. The fraction of sp³-hybridized carbons (Fsp3) is 0.526. The lowest BCUT2D eigenvalue weighted by atomic mass is 10.2. The van der Waals surface area contributed by atoms with E-state index in [9.17, 15) is 0 Å². The van der Waals surface area contributed by atoms with Crippen LogP contribution in [-0.2, 0) is 6.42 Å². The first-order valence-corrected chi connectivity index (χ1v) is 9.42. The normalized spacial score (nSPS) is 12.6. The minimum atomic E-state index is 0.230. The maximum absolute atomic E-state index is 6.03. The Labute approximate surface area is 144 Å². The molecule has 0 saturated heterocycles. The molecule has 0 bridgehead atoms. The first-order chi connectivity index (χ1) is 11.2. The van der Waals surface area contributed by atoms with E-state index in [1.807, 2.05) is 6.20 Å². The summed E-state index contributed by atoms with van der Waals surface area (Å²) in [4.78, 5) is 8.24. The van der Waals surface area contributed by atoms with Gasteiger partial charge in [-0.05, 0) is 57.1 Å². The van der Waals surface area contributed by atoms with Crippen molar-refractivity contribution in [3.05, 3.63) is 35.3 Å². The van der Waals surface area contributed by atoms with Gasteiger partial charge >= 0.3 is 0 Å². The van der Waals surface area contributed by atoms with E-state index in [0.717, 1.165) is 48.8 Å². The summed E-state index contributed by atoms with van der Waals surface area (Å²) in [6.07, 6.45) is 4.30. The van der Waals surface area contributed by atoms with E-state index in [-0.39, 0.29) is 6.10 Å². The van der Waals surface area contributed by atoms with Crippen molar-refractivity contribution in [2.24, 2.45) is 0 Å². The maximum Gasteiger partial charge on any atom is 0.123 e. The van der Waals surface area contributed by atoms with Crippen molar-refractivity contribution in [1.82, 2.24) is 9.88 Å². The van der Waals surface area contributed by atoms with Crippen LogP contribution in [0.15, 0.2) is 30.5 Å². The van der Waals surface area contributed by atoms with Crippen molar-refractivity contribution < 1.29 is 4.74 Å². The molecule has 1 unspecified atom stereocenters. The molecule has 0 aliphatic carbocycles. The fourth-order valence-corrected chi connectivity index (χ4v) is 3.33. The third-order valence-corrected chi connectivity index (χ3v) is 5.28. The summed E-state index contributed by atoms with van der Waals surface area (Å²) in [7, 11) is 0. The van der Waals surface area contributed by atoms with E-state index in [2.05, 4.69) is 61.8 Å². The SMILES string of the molecule is CCc1cnc(-c2ccc(OC(C)CCN(CC)CC)cc2)s1. The Morgan fingerprint density at radius 3 is 2.39 bits per heavy atom. The zero-order valence-corrected chi connectivity index (χ0v) is 15.5. The molecule has 0 fully saturated rings. The fourth-order valence-electron chi connectivity index (χ4n) is 2.48. The zero-order chi connectivity index (χ0) is 16.7. The number of nitrogens with zero attached hydrogens (tertiary/aromatic N) is 2. The molecule has 1 heterocycles. The molecule has 126 valence electrons. The van der Waals surface area contributed by atoms with Crippen LogP contribution in [0.3, 0.4) is 0 Å². The van der Waals surface area contributed by atoms with Gasteiger partial charge in [0.05, 0.1) is 6.10 Å². The smallest absolute Gasteiger partial charge is 0.123 e. The number of hydrogen-bond donors (Lipinski definition) is 0. The Bertz CT molecular complexity index is 575. The summed E-state index contributed by atoms with van der Waals surface area (Å²) >= 11 is 1.76. The summed E-state index contributed by atoms with van der Waals surface area (Å²) in [6, 6.07) is 8.31. The lowest BCUT2D eigenvalue weighted by Gasteiger charge is -2.21. The van der Waals surface area contributed by atoms with Gasteiger partial charge in [0.2, 0.25) is 0 Å². The second-order valence-electron chi connectivity index (χ2n) is 5.75. The van der Waals surface area contributed by atoms with Gasteiger partial charge in [0, 0.05) is 23.2 Å². The molecule has 0 spiro atoms. The summed E-state index contributed by atoms with van der Waals surface area (Å²) in [6.45, 7) is 12.0. The molecule has 2 rings (SSSR count). The molecule has 23 heavy (non-hydrogen) atoms. The van der Waals surface area contributed by atoms with Crippen LogP contribution in [-0.4, -0.2) is 35.6 Å². The van der Waals surface area contributed by atoms with Crippen molar-refractivity contribution in [1.29, 1.82) is 0 Å². The molecule has 0 aliphatic rings. The van der Waals surface area contributed by atoms with E-state index in [1.165, 1.54) is 4.88 Å². The van der Waals surface area contributed by atoms with Crippen LogP contribution in [0.5, 0.6) is 5.75 Å². The largest absolute Gasteiger partial charge is 0.491 e. The number of ether oxygens (including phenoxy) is 1. The van der Waals surface area contributed by atoms with Crippen LogP contribution in [0.2, 0.25) is 0 Å². The number of aryl methyl sites for hydroxylation is 1. The molecular weight excluding hydrogens is 304 g/mol. The molecular formula is C19H28N2OS. The first kappa shape index (κ1) is 18.0. The summed E-state index contributed by atoms with van der Waals surface area (Å²) in [5, 5.41) is 1.09. The Morgan fingerprint density at radius 2 is 1.83 bits per heavy atom. The summed E-state index contributed by atoms with van der Waals surface area (Å²) < 4.78 is 6.03. The highest BCUT2D eigenvalue weighted by Gasteiger charge is 2.08. The van der Waals surface area contributed by atoms with Crippen LogP contribution in [0.25, 0.3) is 10.6 Å². The molecule has 2 aromatic rings. The molecule has 4 heteroatoms. The summed E-state index contributed by atoms with van der Waals surface area (Å²) in [5.41, 5.74) is 1.16. The minimum Gasteiger partial charge on any atom is -0.491 e. The van der Waals surface area contributed by atoms with E-state index < -0.39 is 0 Å². The molecule has 0 radical (unpaired) electrons. The van der Waals surface area contributed by atoms with Gasteiger partial charge < -0.3 is 9.64 Å². The highest BCUT2D eigenvalue weighted by molar-refractivity contribution is 7.15. The number of aromatic nitrogens is 1. The van der Waals surface area contributed by atoms with Crippen LogP contribution in [0.1, 0.15) is 39.0 Å². The number of thiazole rings is 1. The maximum atomic E-state index is 6.03. The van der Waals surface area contributed by atoms with Crippen molar-refractivity contribution >= 4 is 11.3 Å². The zero-order valence-electron chi connectivity index (χ0n) is 14.7. The third kappa shape index (κ3) is 5.33. The van der Waals surface area contributed by atoms with Gasteiger partial charge in [0.1, 0.15) is 10.8 Å². The van der Waals surface area contributed by atoms with Crippen molar-refractivity contribution in [3.8, 4) is 16.3 Å². The van der Waals surface area contributed by atoms with Crippen molar-refractivity contribution in [2.45, 2.75) is 46.6 Å². The van der Waals surface area contributed by atoms with Gasteiger partial charge in [0.25, 0.3) is 0 Å². The number of rotatable bonds is 9. The number of hydrogen-bond acceptors (Lipinski definition) is 4. The van der Waals surface area contributed by atoms with E-state index in [4.69, 9.17) is 4.74 Å². The highest BCUT2D eigenvalue weighted by atomic mass is 32.1. The predicted molar refractivity (Wildman–Crippen MR) is 99.4 cm³/mol. The van der Waals surface area contributed by atoms with Crippen LogP contribution in [0.4, 0.5) is 0 Å². The predicted octanol–water partition coefficient (Wildman–Crippen LogP) is 4.87. The van der Waals surface area contributed by atoms with Gasteiger partial charge in [0.15, 0.2) is 0 Å². The molecule has 1 atom stereocenters. The topological polar surface area (TPSA) is 25.4 Å². The van der Waals surface area contributed by atoms with E-state index >= 15 is 0 Å². The standard InChI is InChI=1S/C19H28N2OS/c1-5-18-14-20-19(23-18)16-8-10-17(11-9-16)22-15(4)12-13-21(6-2)7-3/h8-11,14-15H,5-7,12-13H2,1-4H3. The second-order valence-corrected chi connectivity index (χ2v) is 6.87.